The molecular weight excluding hydrogens is 174 g/mol. The Bertz CT molecular complexity index is 201. The van der Waals surface area contributed by atoms with Crippen LogP contribution in [-0.4, -0.2) is 54.6 Å². The zero-order valence-corrected chi connectivity index (χ0v) is 9.66. The van der Waals surface area contributed by atoms with Gasteiger partial charge in [0.05, 0.1) is 0 Å². The van der Waals surface area contributed by atoms with E-state index in [1.807, 2.05) is 6.08 Å². The van der Waals surface area contributed by atoms with Gasteiger partial charge in [-0.1, -0.05) is 6.08 Å². The summed E-state index contributed by atoms with van der Waals surface area (Å²) >= 11 is 0. The molecule has 0 saturated carbocycles. The summed E-state index contributed by atoms with van der Waals surface area (Å²) in [5.41, 5.74) is 6.02. The van der Waals surface area contributed by atoms with E-state index in [1.165, 1.54) is 0 Å². The minimum absolute atomic E-state index is 0.245. The van der Waals surface area contributed by atoms with Gasteiger partial charge in [-0.25, -0.2) is 0 Å². The summed E-state index contributed by atoms with van der Waals surface area (Å²) in [5, 5.41) is 0. The van der Waals surface area contributed by atoms with Crippen molar-refractivity contribution in [1.82, 2.24) is 9.80 Å². The molecule has 1 fully saturated rings. The summed E-state index contributed by atoms with van der Waals surface area (Å²) in [4.78, 5) is 4.82. The fourth-order valence-electron chi connectivity index (χ4n) is 2.03. The molecule has 0 aliphatic carbocycles. The van der Waals surface area contributed by atoms with E-state index in [0.717, 1.165) is 26.2 Å². The van der Waals surface area contributed by atoms with Gasteiger partial charge in [-0.3, -0.25) is 9.80 Å². The molecule has 82 valence electrons. The maximum atomic E-state index is 5.77. The second-order valence-corrected chi connectivity index (χ2v) is 4.80. The first-order valence-electron chi connectivity index (χ1n) is 5.27. The van der Waals surface area contributed by atoms with Gasteiger partial charge in [-0.05, 0) is 20.9 Å². The quantitative estimate of drug-likeness (QED) is 0.670. The maximum Gasteiger partial charge on any atom is 0.0349 e. The number of hydrogen-bond acceptors (Lipinski definition) is 3. The van der Waals surface area contributed by atoms with Crippen molar-refractivity contribution in [3.63, 3.8) is 0 Å². The van der Waals surface area contributed by atoms with Crippen LogP contribution in [0.5, 0.6) is 0 Å². The van der Waals surface area contributed by atoms with Crippen molar-refractivity contribution < 1.29 is 0 Å². The molecule has 0 aromatic rings. The Kier molecular flexibility index (Phi) is 3.70. The largest absolute Gasteiger partial charge is 0.329 e. The first-order chi connectivity index (χ1) is 6.51. The normalized spacial score (nSPS) is 29.0. The van der Waals surface area contributed by atoms with E-state index in [-0.39, 0.29) is 5.54 Å². The molecule has 3 nitrogen and oxygen atoms in total. The molecule has 3 heteroatoms. The van der Waals surface area contributed by atoms with E-state index < -0.39 is 0 Å². The predicted molar refractivity (Wildman–Crippen MR) is 61.3 cm³/mol. The molecule has 2 N–H and O–H groups in total. The molecule has 1 rings (SSSR count). The van der Waals surface area contributed by atoms with E-state index in [9.17, 15) is 0 Å². The van der Waals surface area contributed by atoms with Gasteiger partial charge in [0.1, 0.15) is 0 Å². The lowest BCUT2D eigenvalue weighted by Gasteiger charge is -2.49. The van der Waals surface area contributed by atoms with E-state index in [1.54, 1.807) is 0 Å². The monoisotopic (exact) mass is 197 g/mol. The number of rotatable bonds is 3. The lowest BCUT2D eigenvalue weighted by atomic mass is 9.96. The summed E-state index contributed by atoms with van der Waals surface area (Å²) in [6.07, 6.45) is 1.96. The highest BCUT2D eigenvalue weighted by atomic mass is 15.3. The van der Waals surface area contributed by atoms with E-state index in [4.69, 9.17) is 5.73 Å². The Labute approximate surface area is 87.6 Å². The predicted octanol–water partition coefficient (Wildman–Crippen LogP) is 0.526. The van der Waals surface area contributed by atoms with Crippen LogP contribution in [0, 0.1) is 0 Å². The summed E-state index contributed by atoms with van der Waals surface area (Å²) in [6.45, 7) is 12.1. The van der Waals surface area contributed by atoms with Crippen molar-refractivity contribution in [1.29, 1.82) is 0 Å². The number of hydrogen-bond donors (Lipinski definition) is 1. The van der Waals surface area contributed by atoms with Crippen LogP contribution in [0.2, 0.25) is 0 Å². The minimum atomic E-state index is 0.245. The van der Waals surface area contributed by atoms with E-state index in [0.29, 0.717) is 6.04 Å². The third kappa shape index (κ3) is 2.35. The Morgan fingerprint density at radius 3 is 2.71 bits per heavy atom. The van der Waals surface area contributed by atoms with Crippen LogP contribution in [0.4, 0.5) is 0 Å². The summed E-state index contributed by atoms with van der Waals surface area (Å²) in [6, 6.07) is 0.478. The van der Waals surface area contributed by atoms with Gasteiger partial charge in [0.25, 0.3) is 0 Å². The zero-order valence-electron chi connectivity index (χ0n) is 9.66. The van der Waals surface area contributed by atoms with E-state index in [2.05, 4.69) is 37.3 Å². The summed E-state index contributed by atoms with van der Waals surface area (Å²) in [5.74, 6) is 0. The smallest absolute Gasteiger partial charge is 0.0349 e. The minimum Gasteiger partial charge on any atom is -0.329 e. The van der Waals surface area contributed by atoms with Crippen LogP contribution in [0.25, 0.3) is 0 Å². The van der Waals surface area contributed by atoms with Gasteiger partial charge in [0, 0.05) is 37.8 Å². The van der Waals surface area contributed by atoms with E-state index >= 15 is 0 Å². The van der Waals surface area contributed by atoms with Crippen LogP contribution in [-0.2, 0) is 0 Å². The molecule has 1 saturated heterocycles. The summed E-state index contributed by atoms with van der Waals surface area (Å²) < 4.78 is 0. The second-order valence-electron chi connectivity index (χ2n) is 4.80. The fraction of sp³-hybridized carbons (Fsp3) is 0.818. The zero-order chi connectivity index (χ0) is 10.8. The number of nitrogens with two attached hydrogens (primary N) is 1. The molecule has 0 spiro atoms. The van der Waals surface area contributed by atoms with Crippen molar-refractivity contribution in [3.05, 3.63) is 12.7 Å². The summed E-state index contributed by atoms with van der Waals surface area (Å²) in [7, 11) is 2.17. The Hall–Kier alpha value is -0.380. The Balaban J connectivity index is 2.68. The number of likely N-dealkylation sites (N-methyl/N-ethyl adjacent to an activating group) is 1. The number of piperazine rings is 1. The highest BCUT2D eigenvalue weighted by molar-refractivity contribution is 4.95. The van der Waals surface area contributed by atoms with Crippen LogP contribution in [0.1, 0.15) is 13.8 Å². The molecular formula is C11H23N3. The topological polar surface area (TPSA) is 32.5 Å². The third-order valence-electron chi connectivity index (χ3n) is 3.26. The molecule has 0 amide bonds. The highest BCUT2D eigenvalue weighted by Gasteiger charge is 2.35. The van der Waals surface area contributed by atoms with Crippen molar-refractivity contribution in [2.45, 2.75) is 25.4 Å². The van der Waals surface area contributed by atoms with Gasteiger partial charge in [-0.2, -0.15) is 0 Å². The van der Waals surface area contributed by atoms with Gasteiger partial charge in [0.15, 0.2) is 0 Å². The van der Waals surface area contributed by atoms with Gasteiger partial charge in [0.2, 0.25) is 0 Å². The average molecular weight is 197 g/mol. The van der Waals surface area contributed by atoms with Crippen LogP contribution in [0.15, 0.2) is 12.7 Å². The molecule has 1 aliphatic rings. The molecule has 14 heavy (non-hydrogen) atoms. The second kappa shape index (κ2) is 4.43. The Morgan fingerprint density at radius 1 is 1.57 bits per heavy atom. The van der Waals surface area contributed by atoms with Gasteiger partial charge < -0.3 is 5.73 Å². The van der Waals surface area contributed by atoms with Crippen LogP contribution >= 0.6 is 0 Å². The molecule has 1 unspecified atom stereocenters. The standard InChI is InChI=1S/C11H23N3/c1-5-6-14-9-11(2,3)13(4)8-10(14)7-12/h5,10H,1,6-9,12H2,2-4H3. The lowest BCUT2D eigenvalue weighted by molar-refractivity contribution is 0.00846. The van der Waals surface area contributed by atoms with Crippen molar-refractivity contribution in [3.8, 4) is 0 Å². The first kappa shape index (κ1) is 11.7. The third-order valence-corrected chi connectivity index (χ3v) is 3.26. The van der Waals surface area contributed by atoms with Crippen LogP contribution in [0.3, 0.4) is 0 Å². The molecule has 0 aromatic carbocycles. The van der Waals surface area contributed by atoms with Gasteiger partial charge in [-0.15, -0.1) is 6.58 Å². The lowest BCUT2D eigenvalue weighted by Crippen LogP contribution is -2.63. The molecule has 1 aliphatic heterocycles. The van der Waals surface area contributed by atoms with Crippen LogP contribution < -0.4 is 5.73 Å². The van der Waals surface area contributed by atoms with Crippen molar-refractivity contribution >= 4 is 0 Å². The molecule has 1 heterocycles. The average Bonchev–Trinajstić information content (AvgIpc) is 2.11. The maximum absolute atomic E-state index is 5.77. The molecule has 1 atom stereocenters. The molecule has 0 radical (unpaired) electrons. The molecule has 0 bridgehead atoms. The Morgan fingerprint density at radius 2 is 2.21 bits per heavy atom. The fourth-order valence-corrected chi connectivity index (χ4v) is 2.03. The highest BCUT2D eigenvalue weighted by Crippen LogP contribution is 2.21. The van der Waals surface area contributed by atoms with Gasteiger partial charge >= 0.3 is 0 Å². The first-order valence-corrected chi connectivity index (χ1v) is 5.27. The van der Waals surface area contributed by atoms with Crippen molar-refractivity contribution in [2.24, 2.45) is 5.73 Å². The SMILES string of the molecule is C=CCN1CC(C)(C)N(C)CC1CN. The van der Waals surface area contributed by atoms with Crippen molar-refractivity contribution in [2.75, 3.05) is 33.2 Å². The molecule has 0 aromatic heterocycles. The number of nitrogens with zero attached hydrogens (tertiary/aromatic N) is 2.